The van der Waals surface area contributed by atoms with E-state index in [1.165, 1.54) is 0 Å². The molecule has 26 heavy (non-hydrogen) atoms. The van der Waals surface area contributed by atoms with Gasteiger partial charge in [0.1, 0.15) is 18.3 Å². The van der Waals surface area contributed by atoms with E-state index < -0.39 is 9.84 Å². The minimum Gasteiger partial charge on any atom is -0.409 e. The van der Waals surface area contributed by atoms with E-state index in [2.05, 4.69) is 5.10 Å². The van der Waals surface area contributed by atoms with E-state index in [0.717, 1.165) is 10.5 Å². The predicted molar refractivity (Wildman–Crippen MR) is 101 cm³/mol. The Labute approximate surface area is 162 Å². The molecule has 10 heteroatoms. The lowest BCUT2D eigenvalue weighted by Crippen LogP contribution is -3.16. The van der Waals surface area contributed by atoms with Crippen LogP contribution in [0.4, 0.5) is 0 Å². The van der Waals surface area contributed by atoms with E-state index in [9.17, 15) is 8.42 Å². The van der Waals surface area contributed by atoms with Crippen LogP contribution in [-0.4, -0.2) is 56.0 Å². The van der Waals surface area contributed by atoms with Crippen LogP contribution in [0.3, 0.4) is 0 Å². The Balaban J connectivity index is 1.81. The molecule has 142 valence electrons. The average molecular weight is 419 g/mol. The minimum atomic E-state index is -2.97. The predicted octanol–water partition coefficient (Wildman–Crippen LogP) is 1.20. The first-order valence-corrected chi connectivity index (χ1v) is 10.9. The Kier molecular flexibility index (Phi) is 6.13. The quantitative estimate of drug-likeness (QED) is 0.681. The third-order valence-electron chi connectivity index (χ3n) is 4.47. The molecule has 0 saturated carbocycles. The lowest BCUT2D eigenvalue weighted by Gasteiger charge is -2.24. The van der Waals surface area contributed by atoms with Crippen molar-refractivity contribution >= 4 is 33.7 Å². The highest BCUT2D eigenvalue weighted by Gasteiger charge is 2.35. The Hall–Kier alpha value is -1.26. The molecule has 0 aliphatic carbocycles. The molecule has 7 nitrogen and oxygen atoms in total. The number of ether oxygens (including phenoxy) is 1. The van der Waals surface area contributed by atoms with Crippen LogP contribution in [0, 0.1) is 4.84 Å². The van der Waals surface area contributed by atoms with E-state index in [0.29, 0.717) is 37.2 Å². The first-order chi connectivity index (χ1) is 12.4. The monoisotopic (exact) mass is 418 g/mol. The van der Waals surface area contributed by atoms with Gasteiger partial charge in [-0.1, -0.05) is 17.7 Å². The van der Waals surface area contributed by atoms with Gasteiger partial charge in [-0.2, -0.15) is 4.68 Å². The van der Waals surface area contributed by atoms with Gasteiger partial charge in [-0.15, -0.1) is 5.10 Å². The Morgan fingerprint density at radius 3 is 2.96 bits per heavy atom. The summed E-state index contributed by atoms with van der Waals surface area (Å²) in [5, 5.41) is 5.04. The maximum absolute atomic E-state index is 11.8. The second kappa shape index (κ2) is 8.18. The Morgan fingerprint density at radius 2 is 2.31 bits per heavy atom. The third-order valence-corrected chi connectivity index (χ3v) is 6.76. The molecule has 1 aromatic heterocycles. The molecule has 3 rings (SSSR count). The van der Waals surface area contributed by atoms with Gasteiger partial charge in [-0.3, -0.25) is 0 Å². The zero-order chi connectivity index (χ0) is 18.7. The van der Waals surface area contributed by atoms with Crippen molar-refractivity contribution in [2.75, 3.05) is 31.8 Å². The van der Waals surface area contributed by atoms with E-state index in [4.69, 9.17) is 33.0 Å². The summed E-state index contributed by atoms with van der Waals surface area (Å²) in [6, 6.07) is 7.19. The van der Waals surface area contributed by atoms with E-state index >= 15 is 0 Å². The van der Waals surface area contributed by atoms with Crippen molar-refractivity contribution in [3.63, 3.8) is 0 Å². The van der Waals surface area contributed by atoms with Gasteiger partial charge in [0, 0.05) is 24.1 Å². The summed E-state index contributed by atoms with van der Waals surface area (Å²) in [5.74, 6) is 0.799. The Morgan fingerprint density at radius 1 is 1.50 bits per heavy atom. The second-order valence-corrected chi connectivity index (χ2v) is 9.36. The summed E-state index contributed by atoms with van der Waals surface area (Å²) in [5.41, 5.74) is 0.740. The number of benzene rings is 1. The van der Waals surface area contributed by atoms with Gasteiger partial charge >= 0.3 is 0 Å². The van der Waals surface area contributed by atoms with E-state index in [-0.39, 0.29) is 22.4 Å². The van der Waals surface area contributed by atoms with Gasteiger partial charge < -0.3 is 14.1 Å². The van der Waals surface area contributed by atoms with Crippen molar-refractivity contribution in [1.82, 2.24) is 9.78 Å². The largest absolute Gasteiger partial charge is 0.409 e. The van der Waals surface area contributed by atoms with Gasteiger partial charge in [0.2, 0.25) is 5.89 Å². The smallest absolute Gasteiger partial charge is 0.292 e. The molecule has 1 aliphatic heterocycles. The number of rotatable bonds is 7. The lowest BCUT2D eigenvalue weighted by atomic mass is 10.2. The number of quaternary nitrogens is 1. The minimum absolute atomic E-state index is 0.00312. The molecule has 2 atom stereocenters. The van der Waals surface area contributed by atoms with Crippen LogP contribution < -0.4 is 4.90 Å². The number of nitrogens with one attached hydrogen (secondary N) is 1. The normalized spacial score (nSPS) is 20.3. The van der Waals surface area contributed by atoms with Crippen LogP contribution in [0.2, 0.25) is 5.02 Å². The number of halogens is 1. The summed E-state index contributed by atoms with van der Waals surface area (Å²) < 4.78 is 36.1. The van der Waals surface area contributed by atoms with Gasteiger partial charge in [-0.25, -0.2) is 8.42 Å². The molecule has 1 saturated heterocycles. The van der Waals surface area contributed by atoms with Gasteiger partial charge in [0.05, 0.1) is 12.4 Å². The summed E-state index contributed by atoms with van der Waals surface area (Å²) in [6.45, 7) is 1.61. The summed E-state index contributed by atoms with van der Waals surface area (Å²) in [7, 11) is -1.34. The summed E-state index contributed by atoms with van der Waals surface area (Å²) in [6.07, 6.45) is 0.633. The highest BCUT2D eigenvalue weighted by molar-refractivity contribution is 7.91. The van der Waals surface area contributed by atoms with Crippen LogP contribution in [0.25, 0.3) is 11.5 Å². The van der Waals surface area contributed by atoms with Crippen LogP contribution in [-0.2, 0) is 21.2 Å². The number of nitrogens with zero attached hydrogens (tertiary/aromatic N) is 2. The van der Waals surface area contributed by atoms with Crippen LogP contribution in [0.15, 0.2) is 28.7 Å². The van der Waals surface area contributed by atoms with Crippen molar-refractivity contribution in [3.05, 3.63) is 34.1 Å². The first-order valence-electron chi connectivity index (χ1n) is 8.26. The average Bonchev–Trinajstić information content (AvgIpc) is 3.14. The van der Waals surface area contributed by atoms with Crippen molar-refractivity contribution in [2.24, 2.45) is 0 Å². The van der Waals surface area contributed by atoms with Gasteiger partial charge in [-0.05, 0) is 30.4 Å². The molecule has 0 bridgehead atoms. The molecule has 1 unspecified atom stereocenters. The molecular formula is C16H21ClN3O4S2+. The zero-order valence-electron chi connectivity index (χ0n) is 14.4. The molecule has 1 aliphatic rings. The molecule has 1 N–H and O–H groups in total. The number of hydrogen-bond acceptors (Lipinski definition) is 6. The van der Waals surface area contributed by atoms with E-state index in [1.54, 1.807) is 23.9 Å². The van der Waals surface area contributed by atoms with Gasteiger partial charge in [0.25, 0.3) is 4.84 Å². The molecule has 2 aromatic rings. The maximum Gasteiger partial charge on any atom is 0.292 e. The van der Waals surface area contributed by atoms with Crippen LogP contribution in [0.5, 0.6) is 0 Å². The molecular weight excluding hydrogens is 398 g/mol. The number of sulfone groups is 1. The maximum atomic E-state index is 11.8. The van der Waals surface area contributed by atoms with Crippen molar-refractivity contribution in [1.29, 1.82) is 0 Å². The standard InChI is InChI=1S/C16H20ClN3O4S2/c1-23-7-6-19(14-5-8-26(21,22)10-14)11-20-16(25)24-15(18-20)12-3-2-4-13(17)9-12/h2-4,9,14H,5-8,10-11H2,1H3/p+1/t14-/m0/s1. The molecule has 0 amide bonds. The third kappa shape index (κ3) is 4.72. The topological polar surface area (TPSA) is 78.8 Å². The van der Waals surface area contributed by atoms with Crippen LogP contribution >= 0.6 is 23.8 Å². The second-order valence-electron chi connectivity index (χ2n) is 6.34. The highest BCUT2D eigenvalue weighted by Crippen LogP contribution is 2.21. The molecule has 1 fully saturated rings. The highest BCUT2D eigenvalue weighted by atomic mass is 35.5. The van der Waals surface area contributed by atoms with E-state index in [1.807, 2.05) is 12.1 Å². The molecule has 2 heterocycles. The molecule has 0 radical (unpaired) electrons. The number of methoxy groups -OCH3 is 1. The summed E-state index contributed by atoms with van der Waals surface area (Å²) in [4.78, 5) is 1.31. The molecule has 1 aromatic carbocycles. The first kappa shape index (κ1) is 19.5. The van der Waals surface area contributed by atoms with Crippen molar-refractivity contribution in [2.45, 2.75) is 19.1 Å². The van der Waals surface area contributed by atoms with Crippen molar-refractivity contribution < 1.29 is 22.5 Å². The lowest BCUT2D eigenvalue weighted by molar-refractivity contribution is -0.945. The van der Waals surface area contributed by atoms with Gasteiger partial charge in [0.15, 0.2) is 16.5 Å². The zero-order valence-corrected chi connectivity index (χ0v) is 16.7. The fraction of sp³-hybridized carbons (Fsp3) is 0.500. The Bertz CT molecular complexity index is 926. The fourth-order valence-corrected chi connectivity index (χ4v) is 5.30. The van der Waals surface area contributed by atoms with Crippen molar-refractivity contribution in [3.8, 4) is 11.5 Å². The van der Waals surface area contributed by atoms with Crippen LogP contribution in [0.1, 0.15) is 6.42 Å². The SMILES string of the molecule is COCC[NH+](Cn1nc(-c2cccc(Cl)c2)oc1=S)[C@H]1CCS(=O)(=O)C1. The number of aromatic nitrogens is 2. The summed E-state index contributed by atoms with van der Waals surface area (Å²) >= 11 is 11.3. The number of hydrogen-bond donors (Lipinski definition) is 1. The molecule has 0 spiro atoms. The fourth-order valence-electron chi connectivity index (χ4n) is 3.10.